The Morgan fingerprint density at radius 1 is 1.22 bits per heavy atom. The van der Waals surface area contributed by atoms with Crippen molar-refractivity contribution >= 4 is 40.6 Å². The van der Waals surface area contributed by atoms with Crippen molar-refractivity contribution in [1.82, 2.24) is 3.96 Å². The standard InChI is InChI=1S/C20H22N4OS2/c1-4-25-17-10-8-15(9-11-17)22-20(24-19(21)12-14(2)27-24)23-16-6-5-7-18(13-16)26-3/h5-13,21H,4H2,1-3H3,(H,22,23). The highest BCUT2D eigenvalue weighted by atomic mass is 32.2. The van der Waals surface area contributed by atoms with Crippen LogP contribution in [0.1, 0.15) is 11.8 Å². The molecule has 3 aromatic rings. The van der Waals surface area contributed by atoms with E-state index >= 15 is 0 Å². The minimum atomic E-state index is 0.399. The van der Waals surface area contributed by atoms with E-state index in [1.54, 1.807) is 15.7 Å². The van der Waals surface area contributed by atoms with E-state index in [0.29, 0.717) is 18.1 Å². The zero-order valence-corrected chi connectivity index (χ0v) is 17.2. The first-order valence-corrected chi connectivity index (χ1v) is 10.6. The van der Waals surface area contributed by atoms with E-state index in [1.807, 2.05) is 62.6 Å². The van der Waals surface area contributed by atoms with Gasteiger partial charge in [-0.2, -0.15) is 0 Å². The van der Waals surface area contributed by atoms with Gasteiger partial charge in [-0.05, 0) is 68.6 Å². The summed E-state index contributed by atoms with van der Waals surface area (Å²) in [6.07, 6.45) is 2.05. The Morgan fingerprint density at radius 2 is 2.00 bits per heavy atom. The molecule has 5 nitrogen and oxygen atoms in total. The molecule has 0 saturated carbocycles. The number of nitrogens with one attached hydrogen (secondary N) is 2. The summed E-state index contributed by atoms with van der Waals surface area (Å²) in [6, 6.07) is 17.6. The van der Waals surface area contributed by atoms with Crippen LogP contribution in [0.3, 0.4) is 0 Å². The van der Waals surface area contributed by atoms with Gasteiger partial charge < -0.3 is 10.1 Å². The minimum Gasteiger partial charge on any atom is -0.494 e. The maximum absolute atomic E-state index is 8.25. The molecule has 0 amide bonds. The fourth-order valence-corrected chi connectivity index (χ4v) is 3.72. The zero-order valence-electron chi connectivity index (χ0n) is 15.5. The van der Waals surface area contributed by atoms with E-state index in [9.17, 15) is 0 Å². The Labute approximate surface area is 167 Å². The van der Waals surface area contributed by atoms with Crippen molar-refractivity contribution < 1.29 is 4.74 Å². The van der Waals surface area contributed by atoms with Gasteiger partial charge in [0.1, 0.15) is 11.2 Å². The van der Waals surface area contributed by atoms with Crippen LogP contribution in [-0.2, 0) is 0 Å². The van der Waals surface area contributed by atoms with Gasteiger partial charge in [-0.1, -0.05) is 17.6 Å². The highest BCUT2D eigenvalue weighted by Crippen LogP contribution is 2.22. The lowest BCUT2D eigenvalue weighted by Gasteiger charge is -2.11. The van der Waals surface area contributed by atoms with Crippen LogP contribution in [-0.4, -0.2) is 22.8 Å². The molecule has 0 bridgehead atoms. The molecule has 0 spiro atoms. The molecule has 0 unspecified atom stereocenters. The minimum absolute atomic E-state index is 0.399. The topological polar surface area (TPSA) is 62.4 Å². The van der Waals surface area contributed by atoms with Crippen LogP contribution in [0.4, 0.5) is 11.4 Å². The monoisotopic (exact) mass is 398 g/mol. The first kappa shape index (κ1) is 19.3. The summed E-state index contributed by atoms with van der Waals surface area (Å²) in [5, 5.41) is 11.6. The zero-order chi connectivity index (χ0) is 19.2. The maximum Gasteiger partial charge on any atom is 0.223 e. The molecule has 1 aromatic heterocycles. The van der Waals surface area contributed by atoms with Crippen molar-refractivity contribution in [3.05, 3.63) is 65.0 Å². The molecule has 0 radical (unpaired) electrons. The van der Waals surface area contributed by atoms with Crippen LogP contribution in [0.25, 0.3) is 0 Å². The summed E-state index contributed by atoms with van der Waals surface area (Å²) in [6.45, 7) is 4.58. The highest BCUT2D eigenvalue weighted by Gasteiger charge is 2.09. The van der Waals surface area contributed by atoms with Crippen molar-refractivity contribution in [2.75, 3.05) is 18.2 Å². The number of hydrogen-bond acceptors (Lipinski definition) is 5. The molecule has 2 N–H and O–H groups in total. The molecule has 0 aliphatic rings. The highest BCUT2D eigenvalue weighted by molar-refractivity contribution is 7.98. The summed E-state index contributed by atoms with van der Waals surface area (Å²) in [4.78, 5) is 6.97. The van der Waals surface area contributed by atoms with Crippen LogP contribution < -0.4 is 15.5 Å². The second-order valence-corrected chi connectivity index (χ2v) is 7.82. The molecular weight excluding hydrogens is 376 g/mol. The van der Waals surface area contributed by atoms with Gasteiger partial charge in [-0.3, -0.25) is 5.41 Å². The van der Waals surface area contributed by atoms with E-state index in [4.69, 9.17) is 15.1 Å². The average Bonchev–Trinajstić information content (AvgIpc) is 3.01. The molecule has 3 rings (SSSR count). The predicted octanol–water partition coefficient (Wildman–Crippen LogP) is 5.11. The Hall–Kier alpha value is -2.51. The van der Waals surface area contributed by atoms with Crippen molar-refractivity contribution in [1.29, 1.82) is 5.41 Å². The van der Waals surface area contributed by atoms with Crippen molar-refractivity contribution in [2.24, 2.45) is 4.99 Å². The number of thioether (sulfide) groups is 1. The molecule has 0 saturated heterocycles. The molecule has 27 heavy (non-hydrogen) atoms. The molecule has 2 aromatic carbocycles. The van der Waals surface area contributed by atoms with Crippen LogP contribution in [0.15, 0.2) is 64.5 Å². The van der Waals surface area contributed by atoms with Crippen LogP contribution in [0.5, 0.6) is 5.75 Å². The molecule has 1 heterocycles. The second kappa shape index (κ2) is 8.92. The smallest absolute Gasteiger partial charge is 0.223 e. The Morgan fingerprint density at radius 3 is 2.63 bits per heavy atom. The summed E-state index contributed by atoms with van der Waals surface area (Å²) in [5.41, 5.74) is 2.13. The number of rotatable bonds is 5. The predicted molar refractivity (Wildman–Crippen MR) is 115 cm³/mol. The van der Waals surface area contributed by atoms with Crippen molar-refractivity contribution in [2.45, 2.75) is 18.7 Å². The lowest BCUT2D eigenvalue weighted by Crippen LogP contribution is -2.28. The molecule has 140 valence electrons. The number of aromatic nitrogens is 1. The number of aliphatic imine (C=N–C) groups is 1. The fraction of sp³-hybridized carbons (Fsp3) is 0.200. The van der Waals surface area contributed by atoms with Crippen LogP contribution >= 0.6 is 23.3 Å². The average molecular weight is 399 g/mol. The number of anilines is 1. The normalized spacial score (nSPS) is 11.4. The molecule has 0 atom stereocenters. The third-order valence-corrected chi connectivity index (χ3v) is 5.38. The van der Waals surface area contributed by atoms with Crippen molar-refractivity contribution in [3.63, 3.8) is 0 Å². The van der Waals surface area contributed by atoms with E-state index < -0.39 is 0 Å². The molecule has 0 aliphatic heterocycles. The van der Waals surface area contributed by atoms with Crippen LogP contribution in [0.2, 0.25) is 0 Å². The SMILES string of the molecule is CCOc1ccc(N=C(Nc2cccc(SC)c2)n2sc(C)cc2=N)cc1. The van der Waals surface area contributed by atoms with Gasteiger partial charge in [0.15, 0.2) is 0 Å². The fourth-order valence-electron chi connectivity index (χ4n) is 2.49. The number of aryl methyl sites for hydroxylation is 1. The Kier molecular flexibility index (Phi) is 6.36. The third-order valence-electron chi connectivity index (χ3n) is 3.70. The lowest BCUT2D eigenvalue weighted by atomic mass is 10.3. The molecule has 0 aliphatic carbocycles. The van der Waals surface area contributed by atoms with Gasteiger partial charge in [-0.25, -0.2) is 8.95 Å². The Bertz CT molecular complexity index is 990. The van der Waals surface area contributed by atoms with E-state index in [2.05, 4.69) is 17.4 Å². The summed E-state index contributed by atoms with van der Waals surface area (Å²) in [7, 11) is 0. The van der Waals surface area contributed by atoms with Gasteiger partial charge in [0.2, 0.25) is 5.96 Å². The molecule has 0 fully saturated rings. The maximum atomic E-state index is 8.25. The van der Waals surface area contributed by atoms with Crippen molar-refractivity contribution in [3.8, 4) is 5.75 Å². The first-order chi connectivity index (χ1) is 13.1. The second-order valence-electron chi connectivity index (χ2n) is 5.75. The molecule has 7 heteroatoms. The number of ether oxygens (including phenoxy) is 1. The quantitative estimate of drug-likeness (QED) is 0.357. The van der Waals surface area contributed by atoms with Gasteiger partial charge >= 0.3 is 0 Å². The summed E-state index contributed by atoms with van der Waals surface area (Å²) >= 11 is 3.18. The Balaban J connectivity index is 1.98. The van der Waals surface area contributed by atoms with E-state index in [-0.39, 0.29) is 0 Å². The first-order valence-electron chi connectivity index (χ1n) is 8.56. The van der Waals surface area contributed by atoms with E-state index in [1.165, 1.54) is 16.4 Å². The van der Waals surface area contributed by atoms with Gasteiger partial charge in [-0.15, -0.1) is 11.8 Å². The lowest BCUT2D eigenvalue weighted by molar-refractivity contribution is 0.340. The number of nitrogens with zero attached hydrogens (tertiary/aromatic N) is 2. The number of benzene rings is 2. The third kappa shape index (κ3) is 5.02. The molecular formula is C20H22N4OS2. The largest absolute Gasteiger partial charge is 0.494 e. The van der Waals surface area contributed by atoms with E-state index in [0.717, 1.165) is 22.0 Å². The van der Waals surface area contributed by atoms with Crippen LogP contribution in [0, 0.1) is 12.3 Å². The summed E-state index contributed by atoms with van der Waals surface area (Å²) < 4.78 is 7.28. The number of hydrogen-bond donors (Lipinski definition) is 2. The van der Waals surface area contributed by atoms with Gasteiger partial charge in [0, 0.05) is 15.5 Å². The van der Waals surface area contributed by atoms with Gasteiger partial charge in [0.05, 0.1) is 12.3 Å². The van der Waals surface area contributed by atoms with Gasteiger partial charge in [0.25, 0.3) is 0 Å². The summed E-state index contributed by atoms with van der Waals surface area (Å²) in [5.74, 6) is 1.42.